The van der Waals surface area contributed by atoms with Gasteiger partial charge in [-0.1, -0.05) is 6.07 Å². The summed E-state index contributed by atoms with van der Waals surface area (Å²) in [6.45, 7) is 0. The fourth-order valence-electron chi connectivity index (χ4n) is 1.80. The van der Waals surface area contributed by atoms with Crippen LogP contribution in [0.15, 0.2) is 53.4 Å². The molecule has 2 rings (SSSR count). The minimum Gasteiger partial charge on any atom is -0.497 e. The van der Waals surface area contributed by atoms with Crippen LogP contribution in [0.3, 0.4) is 0 Å². The largest absolute Gasteiger partial charge is 0.497 e. The normalized spacial score (nSPS) is 10.8. The van der Waals surface area contributed by atoms with Gasteiger partial charge in [0.25, 0.3) is 0 Å². The maximum atomic E-state index is 11.9. The topological polar surface area (TPSA) is 128 Å². The second-order valence-corrected chi connectivity index (χ2v) is 6.27. The first kappa shape index (κ1) is 17.4. The number of carbonyl (C=O) groups is 2. The number of nitrogens with two attached hydrogens (primary N) is 1. The molecule has 0 fully saturated rings. The van der Waals surface area contributed by atoms with Crippen molar-refractivity contribution in [1.29, 1.82) is 0 Å². The molecule has 9 heteroatoms. The Bertz CT molecular complexity index is 863. The molecule has 0 saturated heterocycles. The molecule has 0 radical (unpaired) electrons. The lowest BCUT2D eigenvalue weighted by molar-refractivity contribution is -0.132. The first-order valence-corrected chi connectivity index (χ1v) is 8.23. The van der Waals surface area contributed by atoms with Gasteiger partial charge >= 0.3 is 11.8 Å². The van der Waals surface area contributed by atoms with E-state index in [1.165, 1.54) is 31.4 Å². The lowest BCUT2D eigenvalue weighted by atomic mass is 10.3. The van der Waals surface area contributed by atoms with E-state index < -0.39 is 21.8 Å². The number of amides is 2. The SMILES string of the molecule is COc1cccc(NC(=O)C(=O)Nc2ccc(S(N)(=O)=O)cc2)c1. The molecular formula is C15H15N3O5S. The Balaban J connectivity index is 2.02. The van der Waals surface area contributed by atoms with Gasteiger partial charge in [0.1, 0.15) is 5.75 Å². The van der Waals surface area contributed by atoms with Crippen LogP contribution < -0.4 is 20.5 Å². The molecule has 0 unspecified atom stereocenters. The lowest BCUT2D eigenvalue weighted by Gasteiger charge is -2.08. The summed E-state index contributed by atoms with van der Waals surface area (Å²) < 4.78 is 27.3. The zero-order valence-corrected chi connectivity index (χ0v) is 13.5. The molecule has 0 aliphatic heterocycles. The van der Waals surface area contributed by atoms with Crippen LogP contribution in [0.1, 0.15) is 0 Å². The van der Waals surface area contributed by atoms with E-state index in [-0.39, 0.29) is 10.6 Å². The fourth-order valence-corrected chi connectivity index (χ4v) is 2.32. The summed E-state index contributed by atoms with van der Waals surface area (Å²) in [5.41, 5.74) is 0.660. The van der Waals surface area contributed by atoms with E-state index in [4.69, 9.17) is 9.88 Å². The quantitative estimate of drug-likeness (QED) is 0.707. The van der Waals surface area contributed by atoms with Crippen molar-refractivity contribution in [3.63, 3.8) is 0 Å². The second-order valence-electron chi connectivity index (χ2n) is 4.71. The Labute approximate surface area is 138 Å². The van der Waals surface area contributed by atoms with Gasteiger partial charge in [-0.25, -0.2) is 13.6 Å². The average Bonchev–Trinajstić information content (AvgIpc) is 2.54. The molecule has 2 amide bonds. The maximum absolute atomic E-state index is 11.9. The van der Waals surface area contributed by atoms with Crippen LogP contribution in [0.4, 0.5) is 11.4 Å². The van der Waals surface area contributed by atoms with Crippen molar-refractivity contribution < 1.29 is 22.7 Å². The van der Waals surface area contributed by atoms with Gasteiger partial charge in [0, 0.05) is 17.4 Å². The summed E-state index contributed by atoms with van der Waals surface area (Å²) in [4.78, 5) is 23.6. The van der Waals surface area contributed by atoms with E-state index >= 15 is 0 Å². The van der Waals surface area contributed by atoms with Gasteiger partial charge in [0.2, 0.25) is 10.0 Å². The molecule has 0 heterocycles. The molecule has 0 atom stereocenters. The average molecular weight is 349 g/mol. The van der Waals surface area contributed by atoms with Crippen molar-refractivity contribution in [2.45, 2.75) is 4.90 Å². The van der Waals surface area contributed by atoms with Gasteiger partial charge in [0.05, 0.1) is 12.0 Å². The van der Waals surface area contributed by atoms with Crippen LogP contribution in [-0.4, -0.2) is 27.3 Å². The number of nitrogens with one attached hydrogen (secondary N) is 2. The van der Waals surface area contributed by atoms with Gasteiger partial charge in [-0.2, -0.15) is 0 Å². The van der Waals surface area contributed by atoms with Crippen molar-refractivity contribution in [2.75, 3.05) is 17.7 Å². The van der Waals surface area contributed by atoms with Gasteiger partial charge in [-0.15, -0.1) is 0 Å². The predicted octanol–water partition coefficient (Wildman–Crippen LogP) is 0.920. The molecule has 2 aromatic rings. The van der Waals surface area contributed by atoms with E-state index in [9.17, 15) is 18.0 Å². The van der Waals surface area contributed by atoms with Crippen LogP contribution in [0.2, 0.25) is 0 Å². The number of rotatable bonds is 4. The molecule has 0 bridgehead atoms. The highest BCUT2D eigenvalue weighted by molar-refractivity contribution is 7.89. The van der Waals surface area contributed by atoms with Crippen molar-refractivity contribution >= 4 is 33.2 Å². The molecule has 4 N–H and O–H groups in total. The van der Waals surface area contributed by atoms with Gasteiger partial charge in [-0.3, -0.25) is 9.59 Å². The van der Waals surface area contributed by atoms with E-state index in [1.54, 1.807) is 24.3 Å². The first-order valence-electron chi connectivity index (χ1n) is 6.69. The number of sulfonamides is 1. The summed E-state index contributed by atoms with van der Waals surface area (Å²) in [6, 6.07) is 11.6. The van der Waals surface area contributed by atoms with E-state index in [0.29, 0.717) is 11.4 Å². The first-order chi connectivity index (χ1) is 11.3. The summed E-state index contributed by atoms with van der Waals surface area (Å²) in [7, 11) is -2.33. The zero-order valence-electron chi connectivity index (χ0n) is 12.6. The van der Waals surface area contributed by atoms with Crippen LogP contribution in [-0.2, 0) is 19.6 Å². The number of hydrogen-bond acceptors (Lipinski definition) is 5. The molecule has 0 aliphatic carbocycles. The van der Waals surface area contributed by atoms with Crippen molar-refractivity contribution in [3.8, 4) is 5.75 Å². The second kappa shape index (κ2) is 7.11. The molecule has 8 nitrogen and oxygen atoms in total. The molecule has 2 aromatic carbocycles. The Morgan fingerprint density at radius 3 is 2.08 bits per heavy atom. The molecule has 0 aliphatic rings. The number of ether oxygens (including phenoxy) is 1. The summed E-state index contributed by atoms with van der Waals surface area (Å²) >= 11 is 0. The van der Waals surface area contributed by atoms with Gasteiger partial charge < -0.3 is 15.4 Å². The van der Waals surface area contributed by atoms with E-state index in [1.807, 2.05) is 0 Å². The van der Waals surface area contributed by atoms with E-state index in [0.717, 1.165) is 0 Å². The third-order valence-electron chi connectivity index (χ3n) is 2.97. The Kier molecular flexibility index (Phi) is 5.17. The Morgan fingerprint density at radius 1 is 0.958 bits per heavy atom. The predicted molar refractivity (Wildman–Crippen MR) is 88.1 cm³/mol. The molecule has 126 valence electrons. The summed E-state index contributed by atoms with van der Waals surface area (Å²) in [5.74, 6) is -1.24. The lowest BCUT2D eigenvalue weighted by Crippen LogP contribution is -2.29. The summed E-state index contributed by atoms with van der Waals surface area (Å²) in [5, 5.41) is 9.75. The minimum atomic E-state index is -3.82. The number of methoxy groups -OCH3 is 1. The zero-order chi connectivity index (χ0) is 17.7. The van der Waals surface area contributed by atoms with Crippen molar-refractivity contribution in [1.82, 2.24) is 0 Å². The number of carbonyl (C=O) groups excluding carboxylic acids is 2. The smallest absolute Gasteiger partial charge is 0.314 e. The van der Waals surface area contributed by atoms with E-state index in [2.05, 4.69) is 10.6 Å². The third-order valence-corrected chi connectivity index (χ3v) is 3.90. The van der Waals surface area contributed by atoms with Crippen LogP contribution in [0, 0.1) is 0 Å². The monoisotopic (exact) mass is 349 g/mol. The van der Waals surface area contributed by atoms with Crippen LogP contribution in [0.5, 0.6) is 5.75 Å². The highest BCUT2D eigenvalue weighted by atomic mass is 32.2. The number of anilines is 2. The Hall–Kier alpha value is -2.91. The number of hydrogen-bond donors (Lipinski definition) is 3. The van der Waals surface area contributed by atoms with Crippen LogP contribution >= 0.6 is 0 Å². The number of benzene rings is 2. The van der Waals surface area contributed by atoms with Gasteiger partial charge in [0.15, 0.2) is 0 Å². The summed E-state index contributed by atoms with van der Waals surface area (Å²) in [6.07, 6.45) is 0. The molecule has 0 aromatic heterocycles. The molecule has 24 heavy (non-hydrogen) atoms. The van der Waals surface area contributed by atoms with Crippen LogP contribution in [0.25, 0.3) is 0 Å². The highest BCUT2D eigenvalue weighted by Gasteiger charge is 2.15. The fraction of sp³-hybridized carbons (Fsp3) is 0.0667. The Morgan fingerprint density at radius 2 is 1.54 bits per heavy atom. The highest BCUT2D eigenvalue weighted by Crippen LogP contribution is 2.17. The number of primary sulfonamides is 1. The van der Waals surface area contributed by atoms with Crippen molar-refractivity contribution in [2.24, 2.45) is 5.14 Å². The minimum absolute atomic E-state index is 0.0960. The maximum Gasteiger partial charge on any atom is 0.314 e. The molecule has 0 spiro atoms. The third kappa shape index (κ3) is 4.54. The standard InChI is InChI=1S/C15H15N3O5S/c1-23-12-4-2-3-11(9-12)18-15(20)14(19)17-10-5-7-13(8-6-10)24(16,21)22/h2-9H,1H3,(H,17,19)(H,18,20)(H2,16,21,22). The molecule has 0 saturated carbocycles. The van der Waals surface area contributed by atoms with Gasteiger partial charge in [-0.05, 0) is 36.4 Å². The molecular weight excluding hydrogens is 334 g/mol. The van der Waals surface area contributed by atoms with Crippen molar-refractivity contribution in [3.05, 3.63) is 48.5 Å².